The average Bonchev–Trinajstić information content (AvgIpc) is 2.79. The first-order valence-electron chi connectivity index (χ1n) is 11.1. The minimum atomic E-state index is -3.58. The molecule has 1 amide bonds. The van der Waals surface area contributed by atoms with Gasteiger partial charge in [-0.1, -0.05) is 18.6 Å². The Hall–Kier alpha value is -2.42. The molecule has 0 radical (unpaired) electrons. The molecule has 1 aliphatic rings. The number of rotatable bonds is 9. The van der Waals surface area contributed by atoms with Crippen molar-refractivity contribution in [2.45, 2.75) is 50.1 Å². The van der Waals surface area contributed by atoms with Crippen LogP contribution < -0.4 is 14.8 Å². The Balaban J connectivity index is 1.70. The molecule has 32 heavy (non-hydrogen) atoms. The van der Waals surface area contributed by atoms with Crippen molar-refractivity contribution in [3.05, 3.63) is 59.7 Å². The van der Waals surface area contributed by atoms with E-state index in [0.29, 0.717) is 12.1 Å². The van der Waals surface area contributed by atoms with Gasteiger partial charge in [0.2, 0.25) is 10.0 Å². The first-order chi connectivity index (χ1) is 15.3. The molecule has 0 aromatic heterocycles. The predicted octanol–water partition coefficient (Wildman–Crippen LogP) is 3.34. The highest BCUT2D eigenvalue weighted by Gasteiger charge is 2.23. The number of benzene rings is 2. The van der Waals surface area contributed by atoms with E-state index in [1.54, 1.807) is 33.1 Å². The lowest BCUT2D eigenvalue weighted by atomic mass is 10.0. The van der Waals surface area contributed by atoms with Crippen LogP contribution >= 0.6 is 0 Å². The van der Waals surface area contributed by atoms with Gasteiger partial charge >= 0.3 is 0 Å². The van der Waals surface area contributed by atoms with Gasteiger partial charge < -0.3 is 10.1 Å². The number of carbonyl (C=O) groups excluding carboxylic acids is 1. The van der Waals surface area contributed by atoms with E-state index in [2.05, 4.69) is 14.9 Å². The quantitative estimate of drug-likeness (QED) is 0.601. The molecule has 0 aliphatic carbocycles. The second-order valence-corrected chi connectivity index (χ2v) is 10.1. The largest absolute Gasteiger partial charge is 0.497 e. The second kappa shape index (κ2) is 10.9. The zero-order chi connectivity index (χ0) is 23.1. The third kappa shape index (κ3) is 6.31. The van der Waals surface area contributed by atoms with E-state index in [9.17, 15) is 13.2 Å². The van der Waals surface area contributed by atoms with Gasteiger partial charge in [0.1, 0.15) is 5.75 Å². The van der Waals surface area contributed by atoms with Crippen LogP contribution in [0.15, 0.2) is 53.4 Å². The highest BCUT2D eigenvalue weighted by Crippen LogP contribution is 2.26. The monoisotopic (exact) mass is 459 g/mol. The number of piperidine rings is 1. The second-order valence-electron chi connectivity index (χ2n) is 8.40. The molecule has 0 bridgehead atoms. The SMILES string of the molecule is COc1ccc(C(CNC(=O)c2ccc(S(=O)(=O)NC(C)C)cc2)N2CCCCC2)cc1. The maximum Gasteiger partial charge on any atom is 0.251 e. The lowest BCUT2D eigenvalue weighted by Crippen LogP contribution is -2.40. The Morgan fingerprint density at radius 2 is 1.62 bits per heavy atom. The van der Waals surface area contributed by atoms with Crippen molar-refractivity contribution in [3.8, 4) is 5.75 Å². The molecule has 0 spiro atoms. The number of carbonyl (C=O) groups is 1. The first kappa shape index (κ1) is 24.2. The van der Waals surface area contributed by atoms with Gasteiger partial charge in [-0.05, 0) is 81.7 Å². The minimum Gasteiger partial charge on any atom is -0.497 e. The highest BCUT2D eigenvalue weighted by atomic mass is 32.2. The van der Waals surface area contributed by atoms with E-state index in [4.69, 9.17) is 4.74 Å². The van der Waals surface area contributed by atoms with Gasteiger partial charge in [0.05, 0.1) is 18.0 Å². The number of sulfonamides is 1. The molecular formula is C24H33N3O4S. The fraction of sp³-hybridized carbons (Fsp3) is 0.458. The molecule has 3 rings (SSSR count). The molecule has 174 valence electrons. The summed E-state index contributed by atoms with van der Waals surface area (Å²) in [5, 5.41) is 3.04. The van der Waals surface area contributed by atoms with E-state index in [1.807, 2.05) is 24.3 Å². The summed E-state index contributed by atoms with van der Waals surface area (Å²) in [4.78, 5) is 15.3. The van der Waals surface area contributed by atoms with Crippen LogP contribution in [0.3, 0.4) is 0 Å². The number of likely N-dealkylation sites (tertiary alicyclic amines) is 1. The Kier molecular flexibility index (Phi) is 8.28. The summed E-state index contributed by atoms with van der Waals surface area (Å²) in [7, 11) is -1.94. The summed E-state index contributed by atoms with van der Waals surface area (Å²) in [5.41, 5.74) is 1.56. The Labute approximate surface area is 191 Å². The maximum absolute atomic E-state index is 12.8. The summed E-state index contributed by atoms with van der Waals surface area (Å²) in [6.45, 7) is 6.01. The summed E-state index contributed by atoms with van der Waals surface area (Å²) in [6.07, 6.45) is 3.54. The van der Waals surface area contributed by atoms with E-state index in [0.717, 1.165) is 37.2 Å². The van der Waals surface area contributed by atoms with Crippen LogP contribution in [0.25, 0.3) is 0 Å². The van der Waals surface area contributed by atoms with Crippen molar-refractivity contribution < 1.29 is 17.9 Å². The number of hydrogen-bond acceptors (Lipinski definition) is 5. The molecule has 7 nitrogen and oxygen atoms in total. The molecule has 1 unspecified atom stereocenters. The number of methoxy groups -OCH3 is 1. The fourth-order valence-electron chi connectivity index (χ4n) is 3.97. The van der Waals surface area contributed by atoms with Gasteiger partial charge in [-0.2, -0.15) is 0 Å². The maximum atomic E-state index is 12.8. The number of nitrogens with zero attached hydrogens (tertiary/aromatic N) is 1. The lowest BCUT2D eigenvalue weighted by molar-refractivity contribution is 0.0924. The molecule has 1 aliphatic heterocycles. The van der Waals surface area contributed by atoms with E-state index >= 15 is 0 Å². The Morgan fingerprint density at radius 3 is 2.19 bits per heavy atom. The summed E-state index contributed by atoms with van der Waals surface area (Å²) >= 11 is 0. The lowest BCUT2D eigenvalue weighted by Gasteiger charge is -2.35. The van der Waals surface area contributed by atoms with E-state index < -0.39 is 10.0 Å². The molecular weight excluding hydrogens is 426 g/mol. The summed E-state index contributed by atoms with van der Waals surface area (Å²) < 4.78 is 32.4. The van der Waals surface area contributed by atoms with Crippen molar-refractivity contribution in [3.63, 3.8) is 0 Å². The van der Waals surface area contributed by atoms with Crippen LogP contribution in [0.5, 0.6) is 5.75 Å². The standard InChI is InChI=1S/C24H33N3O4S/c1-18(2)26-32(29,30)22-13-9-20(10-14-22)24(28)25-17-23(27-15-5-4-6-16-27)19-7-11-21(31-3)12-8-19/h7-14,18,23,26H,4-6,15-17H2,1-3H3,(H,25,28). The number of nitrogens with one attached hydrogen (secondary N) is 2. The Bertz CT molecular complexity index is 983. The van der Waals surface area contributed by atoms with Crippen molar-refractivity contribution in [1.82, 2.24) is 14.9 Å². The van der Waals surface area contributed by atoms with Crippen LogP contribution in [0.2, 0.25) is 0 Å². The van der Waals surface area contributed by atoms with Gasteiger partial charge in [-0.15, -0.1) is 0 Å². The van der Waals surface area contributed by atoms with Crippen molar-refractivity contribution in [2.24, 2.45) is 0 Å². The number of ether oxygens (including phenoxy) is 1. The van der Waals surface area contributed by atoms with Gasteiger partial charge in [0.15, 0.2) is 0 Å². The molecule has 1 fully saturated rings. The van der Waals surface area contributed by atoms with Gasteiger partial charge in [0, 0.05) is 18.2 Å². The minimum absolute atomic E-state index is 0.0695. The molecule has 1 heterocycles. The summed E-state index contributed by atoms with van der Waals surface area (Å²) in [5.74, 6) is 0.582. The smallest absolute Gasteiger partial charge is 0.251 e. The summed E-state index contributed by atoms with van der Waals surface area (Å²) in [6, 6.07) is 13.9. The van der Waals surface area contributed by atoms with Crippen molar-refractivity contribution in [2.75, 3.05) is 26.7 Å². The predicted molar refractivity (Wildman–Crippen MR) is 125 cm³/mol. The topological polar surface area (TPSA) is 87.7 Å². The highest BCUT2D eigenvalue weighted by molar-refractivity contribution is 7.89. The Morgan fingerprint density at radius 1 is 1.00 bits per heavy atom. The van der Waals surface area contributed by atoms with Gasteiger partial charge in [-0.25, -0.2) is 13.1 Å². The van der Waals surface area contributed by atoms with Crippen molar-refractivity contribution in [1.29, 1.82) is 0 Å². The van der Waals surface area contributed by atoms with Gasteiger partial charge in [-0.3, -0.25) is 9.69 Å². The molecule has 2 aromatic rings. The van der Waals surface area contributed by atoms with Crippen LogP contribution in [-0.2, 0) is 10.0 Å². The fourth-order valence-corrected chi connectivity index (χ4v) is 5.22. The zero-order valence-corrected chi connectivity index (χ0v) is 19.8. The van der Waals surface area contributed by atoms with E-state index in [-0.39, 0.29) is 22.9 Å². The molecule has 2 aromatic carbocycles. The molecule has 1 atom stereocenters. The first-order valence-corrected chi connectivity index (χ1v) is 12.6. The van der Waals surface area contributed by atoms with Gasteiger partial charge in [0.25, 0.3) is 5.91 Å². The molecule has 2 N–H and O–H groups in total. The van der Waals surface area contributed by atoms with E-state index in [1.165, 1.54) is 18.6 Å². The average molecular weight is 460 g/mol. The third-order valence-electron chi connectivity index (χ3n) is 5.61. The number of amides is 1. The van der Waals surface area contributed by atoms with Crippen LogP contribution in [0.1, 0.15) is 55.1 Å². The number of hydrogen-bond donors (Lipinski definition) is 2. The van der Waals surface area contributed by atoms with Crippen LogP contribution in [0.4, 0.5) is 0 Å². The van der Waals surface area contributed by atoms with Crippen LogP contribution in [-0.4, -0.2) is 52.0 Å². The van der Waals surface area contributed by atoms with Crippen molar-refractivity contribution >= 4 is 15.9 Å². The normalized spacial score (nSPS) is 16.0. The molecule has 0 saturated carbocycles. The molecule has 1 saturated heterocycles. The molecule has 8 heteroatoms. The zero-order valence-electron chi connectivity index (χ0n) is 19.0. The van der Waals surface area contributed by atoms with Crippen LogP contribution in [0, 0.1) is 0 Å². The third-order valence-corrected chi connectivity index (χ3v) is 7.28.